The van der Waals surface area contributed by atoms with E-state index >= 15 is 0 Å². The molecule has 3 rings (SSSR count). The lowest BCUT2D eigenvalue weighted by Crippen LogP contribution is -2.45. The Morgan fingerprint density at radius 3 is 2.41 bits per heavy atom. The van der Waals surface area contributed by atoms with Crippen LogP contribution < -0.4 is 10.6 Å². The summed E-state index contributed by atoms with van der Waals surface area (Å²) in [4.78, 5) is 19.3. The third-order valence-electron chi connectivity index (χ3n) is 5.14. The maximum absolute atomic E-state index is 12.7. The van der Waals surface area contributed by atoms with Gasteiger partial charge in [-0.25, -0.2) is 4.99 Å². The molecule has 0 aromatic heterocycles. The first kappa shape index (κ1) is 23.2. The molecule has 1 aliphatic rings. The number of aliphatic imine (C=N–C) groups is 1. The second-order valence-corrected chi connectivity index (χ2v) is 7.00. The lowest BCUT2D eigenvalue weighted by atomic mass is 10.00. The molecule has 0 aliphatic carbocycles. The first-order valence-electron chi connectivity index (χ1n) is 10.1. The van der Waals surface area contributed by atoms with E-state index in [9.17, 15) is 4.79 Å². The Bertz CT molecular complexity index is 837. The van der Waals surface area contributed by atoms with Crippen molar-refractivity contribution < 1.29 is 4.79 Å². The zero-order valence-corrected chi connectivity index (χ0v) is 19.6. The molecule has 2 N–H and O–H groups in total. The van der Waals surface area contributed by atoms with Gasteiger partial charge in [-0.2, -0.15) is 0 Å². The predicted octanol–water partition coefficient (Wildman–Crippen LogP) is 3.51. The van der Waals surface area contributed by atoms with Crippen molar-refractivity contribution in [3.8, 4) is 0 Å². The second-order valence-electron chi connectivity index (χ2n) is 7.00. The number of carbonyl (C=O) groups excluding carboxylic acids is 1. The van der Waals surface area contributed by atoms with Gasteiger partial charge in [0.2, 0.25) is 5.91 Å². The molecule has 0 radical (unpaired) electrons. The van der Waals surface area contributed by atoms with E-state index < -0.39 is 0 Å². The van der Waals surface area contributed by atoms with Gasteiger partial charge in [-0.15, -0.1) is 24.0 Å². The summed E-state index contributed by atoms with van der Waals surface area (Å²) < 4.78 is 0. The fourth-order valence-corrected chi connectivity index (χ4v) is 3.54. The molecular weight excluding hydrogens is 475 g/mol. The molecule has 0 atom stereocenters. The van der Waals surface area contributed by atoms with Crippen LogP contribution in [0.25, 0.3) is 0 Å². The molecular formula is C23H31IN4O. The Kier molecular flexibility index (Phi) is 9.44. The number of carbonyl (C=O) groups is 1. The molecule has 2 aromatic carbocycles. The number of hydrogen-bond donors (Lipinski definition) is 2. The van der Waals surface area contributed by atoms with E-state index in [4.69, 9.17) is 0 Å². The molecule has 0 bridgehead atoms. The van der Waals surface area contributed by atoms with Crippen LogP contribution in [-0.4, -0.2) is 36.4 Å². The zero-order chi connectivity index (χ0) is 19.8. The number of rotatable bonds is 6. The highest BCUT2D eigenvalue weighted by Crippen LogP contribution is 2.18. The van der Waals surface area contributed by atoms with Gasteiger partial charge in [0.1, 0.15) is 0 Å². The third kappa shape index (κ3) is 6.45. The number of fused-ring (bicyclic) bond motifs is 1. The van der Waals surface area contributed by atoms with Gasteiger partial charge in [0.25, 0.3) is 0 Å². The molecule has 0 saturated carbocycles. The first-order chi connectivity index (χ1) is 13.7. The average molecular weight is 506 g/mol. The standard InChI is InChI=1S/C23H30N4O.HI/c1-3-18-9-5-7-11-20(18)15-25-23(24-4-2)26-16-22(28)27-14-13-19-10-6-8-12-21(19)17-27;/h5-12H,3-4,13-17H2,1-2H3,(H2,24,25,26);1H. The maximum Gasteiger partial charge on any atom is 0.242 e. The van der Waals surface area contributed by atoms with Crippen molar-refractivity contribution in [1.82, 2.24) is 15.5 Å². The van der Waals surface area contributed by atoms with Gasteiger partial charge in [-0.3, -0.25) is 4.79 Å². The summed E-state index contributed by atoms with van der Waals surface area (Å²) in [5.74, 6) is 0.785. The third-order valence-corrected chi connectivity index (χ3v) is 5.14. The molecule has 0 saturated heterocycles. The van der Waals surface area contributed by atoms with Crippen LogP contribution >= 0.6 is 24.0 Å². The van der Waals surface area contributed by atoms with Crippen LogP contribution in [0.4, 0.5) is 0 Å². The number of guanidine groups is 1. The molecule has 0 unspecified atom stereocenters. The summed E-state index contributed by atoms with van der Waals surface area (Å²) in [5, 5.41) is 6.43. The minimum Gasteiger partial charge on any atom is -0.357 e. The lowest BCUT2D eigenvalue weighted by Gasteiger charge is -2.29. The topological polar surface area (TPSA) is 56.7 Å². The number of hydrogen-bond acceptors (Lipinski definition) is 2. The van der Waals surface area contributed by atoms with Gasteiger partial charge in [0, 0.05) is 19.6 Å². The minimum atomic E-state index is 0. The smallest absolute Gasteiger partial charge is 0.242 e. The van der Waals surface area contributed by atoms with E-state index in [1.54, 1.807) is 0 Å². The maximum atomic E-state index is 12.7. The van der Waals surface area contributed by atoms with Crippen LogP contribution in [0.3, 0.4) is 0 Å². The van der Waals surface area contributed by atoms with E-state index in [0.717, 1.165) is 25.9 Å². The average Bonchev–Trinajstić information content (AvgIpc) is 2.75. The van der Waals surface area contributed by atoms with E-state index in [1.807, 2.05) is 24.0 Å². The highest BCUT2D eigenvalue weighted by atomic mass is 127. The van der Waals surface area contributed by atoms with E-state index in [1.165, 1.54) is 22.3 Å². The Hall–Kier alpha value is -2.09. The number of aryl methyl sites for hydroxylation is 1. The van der Waals surface area contributed by atoms with Crippen LogP contribution in [0.2, 0.25) is 0 Å². The summed E-state index contributed by atoms with van der Waals surface area (Å²) in [6.07, 6.45) is 1.91. The number of nitrogens with one attached hydrogen (secondary N) is 2. The largest absolute Gasteiger partial charge is 0.357 e. The van der Waals surface area contributed by atoms with Crippen LogP contribution in [0, 0.1) is 0 Å². The van der Waals surface area contributed by atoms with Crippen molar-refractivity contribution >= 4 is 35.8 Å². The fraction of sp³-hybridized carbons (Fsp3) is 0.391. The van der Waals surface area contributed by atoms with Crippen LogP contribution in [0.5, 0.6) is 0 Å². The number of amides is 1. The van der Waals surface area contributed by atoms with Crippen LogP contribution in [0.1, 0.15) is 36.1 Å². The van der Waals surface area contributed by atoms with Crippen molar-refractivity contribution in [2.45, 2.75) is 39.8 Å². The molecule has 29 heavy (non-hydrogen) atoms. The highest BCUT2D eigenvalue weighted by Gasteiger charge is 2.20. The van der Waals surface area contributed by atoms with Gasteiger partial charge in [-0.05, 0) is 42.0 Å². The summed E-state index contributed by atoms with van der Waals surface area (Å²) in [7, 11) is 0. The van der Waals surface area contributed by atoms with E-state index in [0.29, 0.717) is 19.0 Å². The normalized spacial score (nSPS) is 13.3. The van der Waals surface area contributed by atoms with Crippen LogP contribution in [0.15, 0.2) is 53.5 Å². The summed E-state index contributed by atoms with van der Waals surface area (Å²) in [5.41, 5.74) is 5.13. The van der Waals surface area contributed by atoms with Gasteiger partial charge >= 0.3 is 0 Å². The summed E-state index contributed by atoms with van der Waals surface area (Å²) in [6.45, 7) is 7.26. The summed E-state index contributed by atoms with van der Waals surface area (Å²) in [6, 6.07) is 16.7. The van der Waals surface area contributed by atoms with Crippen molar-refractivity contribution in [1.29, 1.82) is 0 Å². The molecule has 0 fully saturated rings. The molecule has 6 heteroatoms. The Labute approximate surface area is 191 Å². The first-order valence-corrected chi connectivity index (χ1v) is 10.1. The van der Waals surface area contributed by atoms with Crippen molar-refractivity contribution in [2.75, 3.05) is 19.6 Å². The predicted molar refractivity (Wildman–Crippen MR) is 130 cm³/mol. The van der Waals surface area contributed by atoms with Crippen molar-refractivity contribution in [3.63, 3.8) is 0 Å². The van der Waals surface area contributed by atoms with Gasteiger partial charge in [0.15, 0.2) is 5.96 Å². The Morgan fingerprint density at radius 2 is 1.69 bits per heavy atom. The SMILES string of the molecule is CCNC(=NCc1ccccc1CC)NCC(=O)N1CCc2ccccc2C1.I. The van der Waals surface area contributed by atoms with Gasteiger partial charge < -0.3 is 15.5 Å². The Morgan fingerprint density at radius 1 is 1.00 bits per heavy atom. The monoisotopic (exact) mass is 506 g/mol. The quantitative estimate of drug-likeness (QED) is 0.358. The number of nitrogens with zero attached hydrogens (tertiary/aromatic N) is 2. The van der Waals surface area contributed by atoms with Gasteiger partial charge in [-0.1, -0.05) is 55.5 Å². The molecule has 1 aliphatic heterocycles. The second kappa shape index (κ2) is 11.8. The molecule has 156 valence electrons. The van der Waals surface area contributed by atoms with Crippen LogP contribution in [-0.2, 0) is 30.7 Å². The molecule has 0 spiro atoms. The molecule has 1 amide bonds. The zero-order valence-electron chi connectivity index (χ0n) is 17.3. The van der Waals surface area contributed by atoms with Gasteiger partial charge in [0.05, 0.1) is 13.1 Å². The number of halogens is 1. The molecule has 1 heterocycles. The lowest BCUT2D eigenvalue weighted by molar-refractivity contribution is -0.130. The highest BCUT2D eigenvalue weighted by molar-refractivity contribution is 14.0. The molecule has 2 aromatic rings. The minimum absolute atomic E-state index is 0. The molecule has 5 nitrogen and oxygen atoms in total. The fourth-order valence-electron chi connectivity index (χ4n) is 3.54. The van der Waals surface area contributed by atoms with Crippen molar-refractivity contribution in [2.24, 2.45) is 4.99 Å². The summed E-state index contributed by atoms with van der Waals surface area (Å²) >= 11 is 0. The van der Waals surface area contributed by atoms with E-state index in [2.05, 4.69) is 58.9 Å². The van der Waals surface area contributed by atoms with Crippen molar-refractivity contribution in [3.05, 3.63) is 70.8 Å². The van der Waals surface area contributed by atoms with E-state index in [-0.39, 0.29) is 36.4 Å². The number of benzene rings is 2. The Balaban J connectivity index is 0.00000300.